The lowest BCUT2D eigenvalue weighted by atomic mass is 10.1. The normalized spacial score (nSPS) is 8.67. The first-order valence-corrected chi connectivity index (χ1v) is 3.74. The zero-order chi connectivity index (χ0) is 9.14. The molecule has 0 aliphatic rings. The molecule has 0 amide bonds. The van der Waals surface area contributed by atoms with Crippen LogP contribution in [0.5, 0.6) is 0 Å². The van der Waals surface area contributed by atoms with Crippen LogP contribution in [0.25, 0.3) is 0 Å². The van der Waals surface area contributed by atoms with E-state index in [1.54, 1.807) is 0 Å². The number of hydrogen-bond acceptors (Lipinski definition) is 2. The average Bonchev–Trinajstić information content (AvgIpc) is 2.05. The fourth-order valence-corrected chi connectivity index (χ4v) is 1.19. The van der Waals surface area contributed by atoms with E-state index < -0.39 is 0 Å². The first-order valence-electron chi connectivity index (χ1n) is 2.98. The first kappa shape index (κ1) is 8.87. The van der Waals surface area contributed by atoms with Gasteiger partial charge in [-0.2, -0.15) is 10.5 Å². The first-order chi connectivity index (χ1) is 5.69. The van der Waals surface area contributed by atoms with Crippen LogP contribution in [-0.4, -0.2) is 0 Å². The molecule has 12 heavy (non-hydrogen) atoms. The van der Waals surface area contributed by atoms with Gasteiger partial charge in [0.05, 0.1) is 21.2 Å². The Labute approximate surface area is 79.6 Å². The summed E-state index contributed by atoms with van der Waals surface area (Å²) < 4.78 is 0. The zero-order valence-electron chi connectivity index (χ0n) is 5.81. The van der Waals surface area contributed by atoms with Crippen molar-refractivity contribution in [3.05, 3.63) is 33.3 Å². The van der Waals surface area contributed by atoms with Gasteiger partial charge < -0.3 is 0 Å². The second kappa shape index (κ2) is 3.45. The van der Waals surface area contributed by atoms with Crippen molar-refractivity contribution in [2.45, 2.75) is 0 Å². The third-order valence-electron chi connectivity index (χ3n) is 1.30. The van der Waals surface area contributed by atoms with Gasteiger partial charge in [-0.3, -0.25) is 0 Å². The maximum absolute atomic E-state index is 8.54. The molecule has 0 aromatic heterocycles. The van der Waals surface area contributed by atoms with E-state index in [2.05, 4.69) is 0 Å². The maximum Gasteiger partial charge on any atom is 0.101 e. The number of benzene rings is 1. The summed E-state index contributed by atoms with van der Waals surface area (Å²) >= 11 is 11.3. The summed E-state index contributed by atoms with van der Waals surface area (Å²) in [6.45, 7) is 0. The van der Waals surface area contributed by atoms with Gasteiger partial charge in [-0.25, -0.2) is 0 Å². The predicted octanol–water partition coefficient (Wildman–Crippen LogP) is 2.74. The Balaban J connectivity index is 3.42. The van der Waals surface area contributed by atoms with Crippen molar-refractivity contribution < 1.29 is 0 Å². The second-order valence-electron chi connectivity index (χ2n) is 2.04. The Morgan fingerprint density at radius 1 is 0.917 bits per heavy atom. The molecule has 0 spiro atoms. The van der Waals surface area contributed by atoms with Crippen LogP contribution in [0.1, 0.15) is 11.1 Å². The fourth-order valence-electron chi connectivity index (χ4n) is 0.720. The molecule has 4 heteroatoms. The van der Waals surface area contributed by atoms with Crippen molar-refractivity contribution in [1.29, 1.82) is 10.5 Å². The molecule has 0 fully saturated rings. The quantitative estimate of drug-likeness (QED) is 0.641. The minimum absolute atomic E-state index is 0.262. The van der Waals surface area contributed by atoms with Crippen LogP contribution in [0, 0.1) is 22.7 Å². The highest BCUT2D eigenvalue weighted by molar-refractivity contribution is 6.36. The van der Waals surface area contributed by atoms with Gasteiger partial charge in [-0.15, -0.1) is 0 Å². The van der Waals surface area contributed by atoms with Crippen LogP contribution in [-0.2, 0) is 0 Å². The summed E-state index contributed by atoms with van der Waals surface area (Å²) in [6.07, 6.45) is 0. The van der Waals surface area contributed by atoms with E-state index in [1.165, 1.54) is 12.1 Å². The Morgan fingerprint density at radius 2 is 1.33 bits per heavy atom. The molecule has 1 aromatic rings. The molecule has 0 radical (unpaired) electrons. The molecular formula is C8H2Cl2N2. The van der Waals surface area contributed by atoms with Gasteiger partial charge in [0.1, 0.15) is 12.1 Å². The summed E-state index contributed by atoms with van der Waals surface area (Å²) in [5.74, 6) is 0. The van der Waals surface area contributed by atoms with E-state index in [4.69, 9.17) is 33.7 Å². The summed E-state index contributed by atoms with van der Waals surface area (Å²) in [5.41, 5.74) is 0.523. The number of hydrogen-bond donors (Lipinski definition) is 0. The molecule has 0 saturated carbocycles. The fraction of sp³-hybridized carbons (Fsp3) is 0. The van der Waals surface area contributed by atoms with Crippen LogP contribution in [0.4, 0.5) is 0 Å². The van der Waals surface area contributed by atoms with Crippen LogP contribution >= 0.6 is 23.2 Å². The molecule has 0 saturated heterocycles. The van der Waals surface area contributed by atoms with Gasteiger partial charge in [-0.05, 0) is 12.1 Å². The van der Waals surface area contributed by atoms with Gasteiger partial charge >= 0.3 is 0 Å². The standard InChI is InChI=1S/C8H2Cl2N2/c9-7-2-8(10)6(4-12)1-5(7)3-11/h1-2H. The van der Waals surface area contributed by atoms with Crippen LogP contribution < -0.4 is 0 Å². The minimum atomic E-state index is 0.262. The molecule has 0 atom stereocenters. The lowest BCUT2D eigenvalue weighted by Gasteiger charge is -1.97. The number of nitrogens with zero attached hydrogens (tertiary/aromatic N) is 2. The summed E-state index contributed by atoms with van der Waals surface area (Å²) in [7, 11) is 0. The molecule has 2 nitrogen and oxygen atoms in total. The van der Waals surface area contributed by atoms with E-state index in [9.17, 15) is 0 Å². The van der Waals surface area contributed by atoms with Gasteiger partial charge in [0, 0.05) is 0 Å². The highest BCUT2D eigenvalue weighted by atomic mass is 35.5. The Morgan fingerprint density at radius 3 is 1.67 bits per heavy atom. The molecule has 0 bridgehead atoms. The summed E-state index contributed by atoms with van der Waals surface area (Å²) in [4.78, 5) is 0. The Bertz CT molecular complexity index is 363. The van der Waals surface area contributed by atoms with Crippen molar-refractivity contribution in [2.75, 3.05) is 0 Å². The van der Waals surface area contributed by atoms with Gasteiger partial charge in [-0.1, -0.05) is 23.2 Å². The predicted molar refractivity (Wildman–Crippen MR) is 45.9 cm³/mol. The van der Waals surface area contributed by atoms with Crippen LogP contribution in [0.3, 0.4) is 0 Å². The second-order valence-corrected chi connectivity index (χ2v) is 2.85. The average molecular weight is 197 g/mol. The third kappa shape index (κ3) is 1.51. The van der Waals surface area contributed by atoms with Crippen molar-refractivity contribution in [1.82, 2.24) is 0 Å². The highest BCUT2D eigenvalue weighted by Gasteiger charge is 2.05. The highest BCUT2D eigenvalue weighted by Crippen LogP contribution is 2.23. The smallest absolute Gasteiger partial charge is 0.101 e. The minimum Gasteiger partial charge on any atom is -0.192 e. The van der Waals surface area contributed by atoms with Crippen LogP contribution in [0.2, 0.25) is 10.0 Å². The van der Waals surface area contributed by atoms with E-state index in [0.29, 0.717) is 0 Å². The molecule has 0 aliphatic heterocycles. The molecular weight excluding hydrogens is 195 g/mol. The van der Waals surface area contributed by atoms with E-state index in [0.717, 1.165) is 0 Å². The number of halogens is 2. The third-order valence-corrected chi connectivity index (χ3v) is 1.92. The Kier molecular flexibility index (Phi) is 2.55. The topological polar surface area (TPSA) is 47.6 Å². The molecule has 0 N–H and O–H groups in total. The van der Waals surface area contributed by atoms with E-state index in [-0.39, 0.29) is 21.2 Å². The lowest BCUT2D eigenvalue weighted by Crippen LogP contribution is -1.82. The zero-order valence-corrected chi connectivity index (χ0v) is 7.32. The molecule has 1 aromatic carbocycles. The molecule has 0 aliphatic carbocycles. The van der Waals surface area contributed by atoms with Gasteiger partial charge in [0.25, 0.3) is 0 Å². The van der Waals surface area contributed by atoms with Crippen molar-refractivity contribution >= 4 is 23.2 Å². The monoisotopic (exact) mass is 196 g/mol. The van der Waals surface area contributed by atoms with Crippen molar-refractivity contribution in [2.24, 2.45) is 0 Å². The Hall–Kier alpha value is -1.22. The van der Waals surface area contributed by atoms with Crippen molar-refractivity contribution in [3.63, 3.8) is 0 Å². The van der Waals surface area contributed by atoms with E-state index >= 15 is 0 Å². The van der Waals surface area contributed by atoms with Crippen molar-refractivity contribution in [3.8, 4) is 12.1 Å². The largest absolute Gasteiger partial charge is 0.192 e. The number of nitriles is 2. The molecule has 0 unspecified atom stereocenters. The summed E-state index contributed by atoms with van der Waals surface area (Å²) in [6, 6.07) is 6.47. The van der Waals surface area contributed by atoms with Gasteiger partial charge in [0.15, 0.2) is 0 Å². The molecule has 0 heterocycles. The molecule has 1 rings (SSSR count). The van der Waals surface area contributed by atoms with Crippen LogP contribution in [0.15, 0.2) is 12.1 Å². The lowest BCUT2D eigenvalue weighted by molar-refractivity contribution is 1.45. The van der Waals surface area contributed by atoms with E-state index in [1.807, 2.05) is 12.1 Å². The molecule has 58 valence electrons. The number of rotatable bonds is 0. The summed E-state index contributed by atoms with van der Waals surface area (Å²) in [5, 5.41) is 17.6. The maximum atomic E-state index is 8.54. The van der Waals surface area contributed by atoms with Gasteiger partial charge in [0.2, 0.25) is 0 Å². The SMILES string of the molecule is N#Cc1cc(C#N)c(Cl)cc1Cl.